The van der Waals surface area contributed by atoms with Gasteiger partial charge >= 0.3 is 6.03 Å². The van der Waals surface area contributed by atoms with Crippen LogP contribution < -0.4 is 15.4 Å². The summed E-state index contributed by atoms with van der Waals surface area (Å²) in [6.45, 7) is 0. The number of hydrogen-bond acceptors (Lipinski definition) is 3. The highest BCUT2D eigenvalue weighted by Crippen LogP contribution is 2.41. The molecule has 3 rings (SSSR count). The van der Waals surface area contributed by atoms with Crippen molar-refractivity contribution >= 4 is 68.4 Å². The van der Waals surface area contributed by atoms with Gasteiger partial charge in [0.15, 0.2) is 5.75 Å². The van der Waals surface area contributed by atoms with E-state index in [1.807, 2.05) is 5.32 Å². The topological polar surface area (TPSA) is 67.4 Å². The Morgan fingerprint density at radius 1 is 0.967 bits per heavy atom. The van der Waals surface area contributed by atoms with E-state index in [0.29, 0.717) is 15.2 Å². The van der Waals surface area contributed by atoms with Gasteiger partial charge in [-0.15, -0.1) is 0 Å². The van der Waals surface area contributed by atoms with E-state index in [2.05, 4.69) is 21.2 Å². The number of benzene rings is 3. The molecule has 3 amide bonds. The zero-order chi connectivity index (χ0) is 21.8. The largest absolute Gasteiger partial charge is 0.453 e. The van der Waals surface area contributed by atoms with E-state index in [1.165, 1.54) is 30.3 Å². The molecule has 154 valence electrons. The summed E-state index contributed by atoms with van der Waals surface area (Å²) >= 11 is 21.7. The molecule has 0 aliphatic carbocycles. The third kappa shape index (κ3) is 5.43. The van der Waals surface area contributed by atoms with Crippen molar-refractivity contribution in [3.63, 3.8) is 0 Å². The Kier molecular flexibility index (Phi) is 7.20. The van der Waals surface area contributed by atoms with E-state index < -0.39 is 17.8 Å². The van der Waals surface area contributed by atoms with E-state index >= 15 is 0 Å². The van der Waals surface area contributed by atoms with Crippen molar-refractivity contribution in [2.75, 3.05) is 5.32 Å². The van der Waals surface area contributed by atoms with Gasteiger partial charge in [0.2, 0.25) is 0 Å². The molecule has 0 fully saturated rings. The van der Waals surface area contributed by atoms with Crippen molar-refractivity contribution in [1.29, 1.82) is 0 Å². The number of imide groups is 1. The van der Waals surface area contributed by atoms with Gasteiger partial charge in [-0.05, 0) is 58.4 Å². The van der Waals surface area contributed by atoms with E-state index in [9.17, 15) is 14.0 Å². The first-order valence-corrected chi connectivity index (χ1v) is 10.2. The molecule has 2 N–H and O–H groups in total. The monoisotopic (exact) mass is 530 g/mol. The normalized spacial score (nSPS) is 10.4. The Morgan fingerprint density at radius 2 is 1.63 bits per heavy atom. The second-order valence-corrected chi connectivity index (χ2v) is 7.94. The predicted octanol–water partition coefficient (Wildman–Crippen LogP) is 7.30. The van der Waals surface area contributed by atoms with Gasteiger partial charge in [0, 0.05) is 10.7 Å². The fraction of sp³-hybridized carbons (Fsp3) is 0. The first-order valence-electron chi connectivity index (χ1n) is 8.23. The Morgan fingerprint density at radius 3 is 2.27 bits per heavy atom. The van der Waals surface area contributed by atoms with Gasteiger partial charge in [-0.2, -0.15) is 0 Å². The lowest BCUT2D eigenvalue weighted by atomic mass is 10.2. The molecule has 0 saturated heterocycles. The van der Waals surface area contributed by atoms with Gasteiger partial charge in [0.25, 0.3) is 5.91 Å². The molecule has 0 aromatic heterocycles. The Hall–Kier alpha value is -2.32. The number of rotatable bonds is 4. The van der Waals surface area contributed by atoms with Crippen LogP contribution in [-0.2, 0) is 0 Å². The Bertz CT molecular complexity index is 1120. The number of amides is 3. The van der Waals surface area contributed by atoms with Crippen LogP contribution in [0.5, 0.6) is 11.5 Å². The van der Waals surface area contributed by atoms with Crippen molar-refractivity contribution in [3.8, 4) is 11.5 Å². The van der Waals surface area contributed by atoms with Crippen LogP contribution in [0.4, 0.5) is 14.9 Å². The van der Waals surface area contributed by atoms with E-state index in [4.69, 9.17) is 39.5 Å². The summed E-state index contributed by atoms with van der Waals surface area (Å²) in [4.78, 5) is 24.1. The average Bonchev–Trinajstić information content (AvgIpc) is 2.66. The van der Waals surface area contributed by atoms with Crippen LogP contribution >= 0.6 is 50.7 Å². The number of anilines is 1. The maximum atomic E-state index is 13.6. The molecule has 0 saturated carbocycles. The molecule has 3 aromatic carbocycles. The van der Waals surface area contributed by atoms with Gasteiger partial charge in [-0.1, -0.05) is 46.9 Å². The molecule has 0 spiro atoms. The van der Waals surface area contributed by atoms with Crippen molar-refractivity contribution in [3.05, 3.63) is 85.5 Å². The highest BCUT2D eigenvalue weighted by atomic mass is 79.9. The predicted molar refractivity (Wildman–Crippen MR) is 119 cm³/mol. The highest BCUT2D eigenvalue weighted by Gasteiger charge is 2.17. The summed E-state index contributed by atoms with van der Waals surface area (Å²) in [5, 5.41) is 5.17. The first-order chi connectivity index (χ1) is 14.2. The first kappa shape index (κ1) is 22.4. The minimum Gasteiger partial charge on any atom is -0.453 e. The molecule has 0 aliphatic heterocycles. The fourth-order valence-corrected chi connectivity index (χ4v) is 3.70. The summed E-state index contributed by atoms with van der Waals surface area (Å²) in [6.07, 6.45) is 0. The van der Waals surface area contributed by atoms with Gasteiger partial charge in [-0.25, -0.2) is 9.18 Å². The number of carbonyl (C=O) groups is 2. The van der Waals surface area contributed by atoms with Crippen LogP contribution in [0.15, 0.2) is 59.1 Å². The molecule has 0 aliphatic rings. The molecule has 0 radical (unpaired) electrons. The zero-order valence-corrected chi connectivity index (χ0v) is 18.7. The van der Waals surface area contributed by atoms with Gasteiger partial charge in [0.05, 0.1) is 20.1 Å². The number of ether oxygens (including phenoxy) is 1. The molecule has 3 aromatic rings. The van der Waals surface area contributed by atoms with Crippen LogP contribution in [0.2, 0.25) is 15.1 Å². The Labute approximate surface area is 194 Å². The quantitative estimate of drug-likeness (QED) is 0.370. The van der Waals surface area contributed by atoms with Crippen LogP contribution in [0.1, 0.15) is 10.4 Å². The number of urea groups is 1. The Balaban J connectivity index is 1.72. The van der Waals surface area contributed by atoms with Gasteiger partial charge in [0.1, 0.15) is 11.6 Å². The van der Waals surface area contributed by atoms with Crippen molar-refractivity contribution in [2.45, 2.75) is 0 Å². The van der Waals surface area contributed by atoms with Crippen LogP contribution in [-0.4, -0.2) is 11.9 Å². The second kappa shape index (κ2) is 9.66. The van der Waals surface area contributed by atoms with Gasteiger partial charge in [-0.3, -0.25) is 10.1 Å². The second-order valence-electron chi connectivity index (χ2n) is 5.83. The SMILES string of the molecule is O=C(NC(=O)c1ccccc1F)Nc1cc(Cl)c(Oc2ccc(Cl)cc2Br)c(Cl)c1. The summed E-state index contributed by atoms with van der Waals surface area (Å²) < 4.78 is 20.0. The van der Waals surface area contributed by atoms with E-state index in [-0.39, 0.29) is 27.0 Å². The lowest BCUT2D eigenvalue weighted by molar-refractivity contribution is 0.0963. The maximum absolute atomic E-state index is 13.6. The number of carbonyl (C=O) groups excluding carboxylic acids is 2. The number of nitrogens with one attached hydrogen (secondary N) is 2. The molecule has 0 heterocycles. The van der Waals surface area contributed by atoms with Crippen molar-refractivity contribution in [2.24, 2.45) is 0 Å². The minimum atomic E-state index is -0.893. The highest BCUT2D eigenvalue weighted by molar-refractivity contribution is 9.10. The smallest absolute Gasteiger partial charge is 0.326 e. The number of hydrogen-bond donors (Lipinski definition) is 2. The lowest BCUT2D eigenvalue weighted by Gasteiger charge is -2.13. The van der Waals surface area contributed by atoms with Crippen LogP contribution in [0, 0.1) is 5.82 Å². The third-order valence-electron chi connectivity index (χ3n) is 3.71. The minimum absolute atomic E-state index is 0.111. The van der Waals surface area contributed by atoms with E-state index in [1.54, 1.807) is 18.2 Å². The summed E-state index contributed by atoms with van der Waals surface area (Å²) in [6, 6.07) is 12.1. The third-order valence-corrected chi connectivity index (χ3v) is 5.12. The van der Waals surface area contributed by atoms with Crippen molar-refractivity contribution < 1.29 is 18.7 Å². The molecule has 0 bridgehead atoms. The molecule has 0 unspecified atom stereocenters. The lowest BCUT2D eigenvalue weighted by Crippen LogP contribution is -2.34. The molecule has 0 atom stereocenters. The summed E-state index contributed by atoms with van der Waals surface area (Å²) in [5.41, 5.74) is -0.0626. The standard InChI is InChI=1S/C20H11BrCl3FN2O3/c21-13-7-10(22)5-6-17(13)30-18-14(23)8-11(9-15(18)24)26-20(29)27-19(28)12-3-1-2-4-16(12)25/h1-9H,(H2,26,27,28,29). The molecular weight excluding hydrogens is 521 g/mol. The number of halogens is 5. The zero-order valence-electron chi connectivity index (χ0n) is 14.8. The van der Waals surface area contributed by atoms with Crippen molar-refractivity contribution in [1.82, 2.24) is 5.32 Å². The maximum Gasteiger partial charge on any atom is 0.326 e. The molecule has 30 heavy (non-hydrogen) atoms. The molecule has 5 nitrogen and oxygen atoms in total. The summed E-state index contributed by atoms with van der Waals surface area (Å²) in [7, 11) is 0. The van der Waals surface area contributed by atoms with Crippen LogP contribution in [0.3, 0.4) is 0 Å². The fourth-order valence-electron chi connectivity index (χ4n) is 2.38. The molecule has 10 heteroatoms. The van der Waals surface area contributed by atoms with Crippen LogP contribution in [0.25, 0.3) is 0 Å². The summed E-state index contributed by atoms with van der Waals surface area (Å²) in [5.74, 6) is -1.05. The van der Waals surface area contributed by atoms with E-state index in [0.717, 1.165) is 6.07 Å². The molecular formula is C20H11BrCl3FN2O3. The van der Waals surface area contributed by atoms with Gasteiger partial charge < -0.3 is 10.1 Å². The average molecular weight is 533 g/mol.